The van der Waals surface area contributed by atoms with Gasteiger partial charge in [-0.25, -0.2) is 9.18 Å². The summed E-state index contributed by atoms with van der Waals surface area (Å²) in [6.07, 6.45) is 1.16. The van der Waals surface area contributed by atoms with Gasteiger partial charge in [0.1, 0.15) is 11.4 Å². The standard InChI is InChI=1S/C13H9ClFNO3/c1-6(2)16-5-8(13(18)19)12(17)7-3-10(15)9(14)4-11(7)16/h3-5H,1H2,2H3,(H,18,19). The average Bonchev–Trinajstić information content (AvgIpc) is 2.31. The van der Waals surface area contributed by atoms with Crippen molar-refractivity contribution in [3.63, 3.8) is 0 Å². The van der Waals surface area contributed by atoms with Crippen molar-refractivity contribution in [2.75, 3.05) is 0 Å². The van der Waals surface area contributed by atoms with Crippen LogP contribution in [0, 0.1) is 5.82 Å². The largest absolute Gasteiger partial charge is 0.477 e. The number of aromatic carboxylic acids is 1. The molecule has 98 valence electrons. The van der Waals surface area contributed by atoms with Gasteiger partial charge < -0.3 is 9.67 Å². The maximum atomic E-state index is 13.4. The fraction of sp³-hybridized carbons (Fsp3) is 0.0769. The van der Waals surface area contributed by atoms with Gasteiger partial charge in [-0.15, -0.1) is 0 Å². The normalized spacial score (nSPS) is 10.7. The fourth-order valence-corrected chi connectivity index (χ4v) is 1.95. The number of hydrogen-bond acceptors (Lipinski definition) is 2. The van der Waals surface area contributed by atoms with Crippen LogP contribution in [0.25, 0.3) is 16.6 Å². The Morgan fingerprint density at radius 2 is 2.11 bits per heavy atom. The van der Waals surface area contributed by atoms with E-state index in [-0.39, 0.29) is 10.4 Å². The molecule has 6 heteroatoms. The second-order valence-corrected chi connectivity index (χ2v) is 4.47. The number of carboxylic acid groups (broad SMARTS) is 1. The molecule has 0 atom stereocenters. The first-order valence-corrected chi connectivity index (χ1v) is 5.64. The smallest absolute Gasteiger partial charge is 0.341 e. The number of allylic oxidation sites excluding steroid dienone is 1. The summed E-state index contributed by atoms with van der Waals surface area (Å²) in [6, 6.07) is 2.21. The highest BCUT2D eigenvalue weighted by atomic mass is 35.5. The average molecular weight is 282 g/mol. The molecule has 1 heterocycles. The quantitative estimate of drug-likeness (QED) is 0.920. The highest BCUT2D eigenvalue weighted by molar-refractivity contribution is 6.31. The van der Waals surface area contributed by atoms with Crippen LogP contribution in [0.1, 0.15) is 17.3 Å². The second-order valence-electron chi connectivity index (χ2n) is 4.07. The van der Waals surface area contributed by atoms with Crippen molar-refractivity contribution >= 4 is 34.2 Å². The Morgan fingerprint density at radius 3 is 2.63 bits per heavy atom. The molecule has 0 fully saturated rings. The minimum absolute atomic E-state index is 0.0511. The number of aromatic nitrogens is 1. The van der Waals surface area contributed by atoms with Crippen molar-refractivity contribution in [3.8, 4) is 0 Å². The van der Waals surface area contributed by atoms with Gasteiger partial charge in [0.05, 0.1) is 10.5 Å². The molecule has 2 aromatic rings. The zero-order chi connectivity index (χ0) is 14.3. The number of halogens is 2. The van der Waals surface area contributed by atoms with Crippen molar-refractivity contribution in [2.45, 2.75) is 6.92 Å². The SMILES string of the molecule is C=C(C)n1cc(C(=O)O)c(=O)c2cc(F)c(Cl)cc21. The Bertz CT molecular complexity index is 780. The number of pyridine rings is 1. The summed E-state index contributed by atoms with van der Waals surface area (Å²) in [4.78, 5) is 23.0. The van der Waals surface area contributed by atoms with E-state index in [1.807, 2.05) is 0 Å². The lowest BCUT2D eigenvalue weighted by Gasteiger charge is -2.12. The van der Waals surface area contributed by atoms with Gasteiger partial charge in [-0.3, -0.25) is 4.79 Å². The Labute approximate surface area is 112 Å². The van der Waals surface area contributed by atoms with E-state index in [2.05, 4.69) is 6.58 Å². The Morgan fingerprint density at radius 1 is 1.47 bits per heavy atom. The molecule has 2 rings (SSSR count). The van der Waals surface area contributed by atoms with E-state index in [4.69, 9.17) is 16.7 Å². The van der Waals surface area contributed by atoms with Crippen LogP contribution in [0.4, 0.5) is 4.39 Å². The van der Waals surface area contributed by atoms with Gasteiger partial charge in [0.15, 0.2) is 0 Å². The molecule has 0 aliphatic carbocycles. The summed E-state index contributed by atoms with van der Waals surface area (Å²) in [6.45, 7) is 5.32. The molecule has 0 aliphatic rings. The van der Waals surface area contributed by atoms with Crippen LogP contribution in [-0.2, 0) is 0 Å². The topological polar surface area (TPSA) is 59.3 Å². The van der Waals surface area contributed by atoms with E-state index in [1.54, 1.807) is 6.92 Å². The molecule has 0 radical (unpaired) electrons. The Balaban J connectivity index is 3.05. The lowest BCUT2D eigenvalue weighted by atomic mass is 10.1. The third-order valence-electron chi connectivity index (χ3n) is 2.69. The molecule has 0 saturated heterocycles. The molecule has 0 bridgehead atoms. The van der Waals surface area contributed by atoms with Crippen LogP contribution in [0.2, 0.25) is 5.02 Å². The predicted octanol–water partition coefficient (Wildman–Crippen LogP) is 2.98. The second kappa shape index (κ2) is 4.51. The summed E-state index contributed by atoms with van der Waals surface area (Å²) in [7, 11) is 0. The minimum atomic E-state index is -1.38. The molecule has 19 heavy (non-hydrogen) atoms. The number of rotatable bonds is 2. The molecule has 0 spiro atoms. The highest BCUT2D eigenvalue weighted by Gasteiger charge is 2.16. The van der Waals surface area contributed by atoms with Gasteiger partial charge in [-0.1, -0.05) is 18.2 Å². The third kappa shape index (κ3) is 2.13. The van der Waals surface area contributed by atoms with Crippen molar-refractivity contribution in [1.82, 2.24) is 4.57 Å². The van der Waals surface area contributed by atoms with Gasteiger partial charge in [0, 0.05) is 17.3 Å². The molecule has 0 aliphatic heterocycles. The van der Waals surface area contributed by atoms with E-state index in [0.29, 0.717) is 11.2 Å². The summed E-state index contributed by atoms with van der Waals surface area (Å²) in [5.74, 6) is -2.15. The van der Waals surface area contributed by atoms with Gasteiger partial charge >= 0.3 is 5.97 Å². The monoisotopic (exact) mass is 281 g/mol. The number of carbonyl (C=O) groups is 1. The predicted molar refractivity (Wildman–Crippen MR) is 71.1 cm³/mol. The van der Waals surface area contributed by atoms with E-state index in [9.17, 15) is 14.0 Å². The zero-order valence-corrected chi connectivity index (χ0v) is 10.7. The number of nitrogens with zero attached hydrogens (tertiary/aromatic N) is 1. The highest BCUT2D eigenvalue weighted by Crippen LogP contribution is 2.23. The molecule has 1 aromatic carbocycles. The van der Waals surface area contributed by atoms with Crippen LogP contribution in [0.5, 0.6) is 0 Å². The van der Waals surface area contributed by atoms with Crippen LogP contribution in [0.3, 0.4) is 0 Å². The van der Waals surface area contributed by atoms with Crippen LogP contribution >= 0.6 is 11.6 Å². The lowest BCUT2D eigenvalue weighted by Crippen LogP contribution is -2.18. The summed E-state index contributed by atoms with van der Waals surface area (Å²) < 4.78 is 14.8. The number of benzene rings is 1. The summed E-state index contributed by atoms with van der Waals surface area (Å²) >= 11 is 5.68. The van der Waals surface area contributed by atoms with E-state index >= 15 is 0 Å². The Hall–Kier alpha value is -2.14. The molecule has 0 unspecified atom stereocenters. The number of hydrogen-bond donors (Lipinski definition) is 1. The van der Waals surface area contributed by atoms with E-state index in [1.165, 1.54) is 10.6 Å². The zero-order valence-electron chi connectivity index (χ0n) is 9.91. The molecule has 0 saturated carbocycles. The lowest BCUT2D eigenvalue weighted by molar-refractivity contribution is 0.0695. The first-order chi connectivity index (χ1) is 8.82. The van der Waals surface area contributed by atoms with Gasteiger partial charge in [-0.05, 0) is 19.1 Å². The Kier molecular flexibility index (Phi) is 3.16. The number of carboxylic acids is 1. The van der Waals surface area contributed by atoms with Gasteiger partial charge in [-0.2, -0.15) is 0 Å². The minimum Gasteiger partial charge on any atom is -0.477 e. The van der Waals surface area contributed by atoms with E-state index < -0.39 is 22.8 Å². The molecule has 0 amide bonds. The molecule has 1 N–H and O–H groups in total. The molecule has 4 nitrogen and oxygen atoms in total. The van der Waals surface area contributed by atoms with Crippen molar-refractivity contribution < 1.29 is 14.3 Å². The summed E-state index contributed by atoms with van der Waals surface area (Å²) in [5, 5.41) is 8.79. The maximum absolute atomic E-state index is 13.4. The fourth-order valence-electron chi connectivity index (χ4n) is 1.79. The number of fused-ring (bicyclic) bond motifs is 1. The third-order valence-corrected chi connectivity index (χ3v) is 2.98. The van der Waals surface area contributed by atoms with Gasteiger partial charge in [0.25, 0.3) is 0 Å². The van der Waals surface area contributed by atoms with Crippen LogP contribution in [-0.4, -0.2) is 15.6 Å². The molecular formula is C13H9ClFNO3. The molecular weight excluding hydrogens is 273 g/mol. The summed E-state index contributed by atoms with van der Waals surface area (Å²) in [5.41, 5.74) is -0.406. The van der Waals surface area contributed by atoms with Crippen molar-refractivity contribution in [2.24, 2.45) is 0 Å². The van der Waals surface area contributed by atoms with Crippen molar-refractivity contribution in [3.05, 3.63) is 51.5 Å². The van der Waals surface area contributed by atoms with E-state index in [0.717, 1.165) is 12.3 Å². The maximum Gasteiger partial charge on any atom is 0.341 e. The molecule has 1 aromatic heterocycles. The van der Waals surface area contributed by atoms with Crippen molar-refractivity contribution in [1.29, 1.82) is 0 Å². The van der Waals surface area contributed by atoms with Crippen LogP contribution in [0.15, 0.2) is 29.7 Å². The first kappa shape index (κ1) is 13.3. The first-order valence-electron chi connectivity index (χ1n) is 5.26. The van der Waals surface area contributed by atoms with Gasteiger partial charge in [0.2, 0.25) is 5.43 Å². The van der Waals surface area contributed by atoms with Crippen LogP contribution < -0.4 is 5.43 Å².